The van der Waals surface area contributed by atoms with Crippen molar-refractivity contribution in [2.24, 2.45) is 0 Å². The second-order valence-electron chi connectivity index (χ2n) is 3.06. The maximum absolute atomic E-state index is 5.38. The van der Waals surface area contributed by atoms with E-state index >= 15 is 0 Å². The molecule has 15 heavy (non-hydrogen) atoms. The Labute approximate surface area is 103 Å². The van der Waals surface area contributed by atoms with Crippen LogP contribution in [0.25, 0.3) is 0 Å². The van der Waals surface area contributed by atoms with Gasteiger partial charge in [-0.1, -0.05) is 6.08 Å². The van der Waals surface area contributed by atoms with Gasteiger partial charge in [0.05, 0.1) is 13.2 Å². The van der Waals surface area contributed by atoms with Crippen LogP contribution in [0.1, 0.15) is 11.3 Å². The predicted octanol–water partition coefficient (Wildman–Crippen LogP) is 3.19. The molecular weight excluding hydrogens is 274 g/mol. The molecule has 0 aliphatic heterocycles. The lowest BCUT2D eigenvalue weighted by Crippen LogP contribution is -2.19. The van der Waals surface area contributed by atoms with Gasteiger partial charge in [-0.05, 0) is 33.8 Å². The number of thiophene rings is 1. The highest BCUT2D eigenvalue weighted by atomic mass is 79.9. The minimum absolute atomic E-state index is 0.761. The van der Waals surface area contributed by atoms with Gasteiger partial charge in [-0.2, -0.15) is 0 Å². The summed E-state index contributed by atoms with van der Waals surface area (Å²) in [6, 6.07) is 2.07. The molecule has 1 heterocycles. The molecule has 1 aromatic heterocycles. The molecule has 0 saturated carbocycles. The largest absolute Gasteiger partial charge is 0.380 e. The maximum Gasteiger partial charge on any atom is 0.0591 e. The number of rotatable bonds is 8. The molecule has 0 radical (unpaired) electrons. The first-order chi connectivity index (χ1) is 7.34. The fourth-order valence-corrected chi connectivity index (χ4v) is 2.53. The summed E-state index contributed by atoms with van der Waals surface area (Å²) in [5.74, 6) is 0. The van der Waals surface area contributed by atoms with Crippen molar-refractivity contribution in [1.82, 2.24) is 5.32 Å². The van der Waals surface area contributed by atoms with Crippen LogP contribution in [0.2, 0.25) is 0 Å². The molecule has 0 bridgehead atoms. The van der Waals surface area contributed by atoms with Gasteiger partial charge in [0, 0.05) is 22.4 Å². The van der Waals surface area contributed by atoms with E-state index in [1.54, 1.807) is 11.3 Å². The summed E-state index contributed by atoms with van der Waals surface area (Å²) in [5, 5.41) is 5.42. The Balaban J connectivity index is 1.98. The molecule has 0 fully saturated rings. The Morgan fingerprint density at radius 1 is 1.53 bits per heavy atom. The fourth-order valence-electron chi connectivity index (χ4n) is 1.07. The second-order valence-corrected chi connectivity index (χ2v) is 4.91. The van der Waals surface area contributed by atoms with Crippen molar-refractivity contribution in [3.05, 3.63) is 33.5 Å². The van der Waals surface area contributed by atoms with Gasteiger partial charge in [0.25, 0.3) is 0 Å². The number of hydrogen-bond acceptors (Lipinski definition) is 3. The number of nitrogens with one attached hydrogen (secondary N) is 1. The first kappa shape index (κ1) is 12.9. The normalized spacial score (nSPS) is 10.5. The minimum atomic E-state index is 0.761. The molecule has 0 aromatic carbocycles. The van der Waals surface area contributed by atoms with Gasteiger partial charge in [-0.3, -0.25) is 0 Å². The van der Waals surface area contributed by atoms with E-state index in [1.165, 1.54) is 9.35 Å². The Bertz CT molecular complexity index is 288. The van der Waals surface area contributed by atoms with Gasteiger partial charge in [0.15, 0.2) is 0 Å². The highest BCUT2D eigenvalue weighted by Gasteiger charge is 1.99. The van der Waals surface area contributed by atoms with Crippen molar-refractivity contribution >= 4 is 27.3 Å². The van der Waals surface area contributed by atoms with E-state index in [4.69, 9.17) is 4.74 Å². The molecule has 0 saturated heterocycles. The average Bonchev–Trinajstić information content (AvgIpc) is 2.63. The molecule has 2 nitrogen and oxygen atoms in total. The zero-order chi connectivity index (χ0) is 10.9. The van der Waals surface area contributed by atoms with Crippen LogP contribution >= 0.6 is 27.3 Å². The number of hydrogen-bond donors (Lipinski definition) is 1. The van der Waals surface area contributed by atoms with Crippen LogP contribution < -0.4 is 5.32 Å². The third-order valence-corrected chi connectivity index (χ3v) is 3.79. The highest BCUT2D eigenvalue weighted by molar-refractivity contribution is 9.10. The molecule has 0 amide bonds. The maximum atomic E-state index is 5.38. The zero-order valence-electron chi connectivity index (χ0n) is 8.67. The lowest BCUT2D eigenvalue weighted by molar-refractivity contribution is 0.140. The molecule has 1 aromatic rings. The van der Waals surface area contributed by atoms with E-state index in [9.17, 15) is 0 Å². The first-order valence-electron chi connectivity index (χ1n) is 4.96. The number of halogens is 1. The number of ether oxygens (including phenoxy) is 1. The van der Waals surface area contributed by atoms with Gasteiger partial charge in [-0.15, -0.1) is 17.9 Å². The van der Waals surface area contributed by atoms with Crippen LogP contribution in [0.3, 0.4) is 0 Å². The molecular formula is C11H16BrNOS. The third kappa shape index (κ3) is 5.47. The molecule has 0 spiro atoms. The summed E-state index contributed by atoms with van der Waals surface area (Å²) >= 11 is 5.26. The molecule has 1 N–H and O–H groups in total. The minimum Gasteiger partial charge on any atom is -0.380 e. The predicted molar refractivity (Wildman–Crippen MR) is 69.4 cm³/mol. The van der Waals surface area contributed by atoms with Crippen LogP contribution in [-0.4, -0.2) is 19.8 Å². The summed E-state index contributed by atoms with van der Waals surface area (Å²) < 4.78 is 6.57. The van der Waals surface area contributed by atoms with Crippen LogP contribution in [-0.2, 0) is 11.3 Å². The van der Waals surface area contributed by atoms with E-state index in [0.717, 1.165) is 32.7 Å². The molecule has 0 aliphatic rings. The summed E-state index contributed by atoms with van der Waals surface area (Å²) in [7, 11) is 0. The van der Waals surface area contributed by atoms with E-state index < -0.39 is 0 Å². The third-order valence-electron chi connectivity index (χ3n) is 1.87. The van der Waals surface area contributed by atoms with Crippen molar-refractivity contribution in [1.29, 1.82) is 0 Å². The molecule has 4 heteroatoms. The van der Waals surface area contributed by atoms with Crippen molar-refractivity contribution in [3.63, 3.8) is 0 Å². The zero-order valence-corrected chi connectivity index (χ0v) is 11.1. The molecule has 84 valence electrons. The lowest BCUT2D eigenvalue weighted by Gasteiger charge is -2.04. The van der Waals surface area contributed by atoms with E-state index in [0.29, 0.717) is 0 Å². The van der Waals surface area contributed by atoms with Crippen LogP contribution in [0.5, 0.6) is 0 Å². The van der Waals surface area contributed by atoms with Crippen LogP contribution in [0, 0.1) is 0 Å². The summed E-state index contributed by atoms with van der Waals surface area (Å²) in [6.45, 7) is 6.97. The van der Waals surface area contributed by atoms with Crippen LogP contribution in [0.4, 0.5) is 0 Å². The average molecular weight is 290 g/mol. The van der Waals surface area contributed by atoms with Gasteiger partial charge >= 0.3 is 0 Å². The summed E-state index contributed by atoms with van der Waals surface area (Å²) in [6.07, 6.45) is 2.80. The van der Waals surface area contributed by atoms with Crippen molar-refractivity contribution < 1.29 is 4.74 Å². The van der Waals surface area contributed by atoms with Gasteiger partial charge in [0.1, 0.15) is 0 Å². The standard InChI is InChI=1S/C11H16BrNOS/c1-2-3-6-14-7-5-13-9-11-10(12)4-8-15-11/h2,4,8,13H,1,3,5-7,9H2. The van der Waals surface area contributed by atoms with Crippen LogP contribution in [0.15, 0.2) is 28.6 Å². The molecule has 1 rings (SSSR count). The highest BCUT2D eigenvalue weighted by Crippen LogP contribution is 2.21. The van der Waals surface area contributed by atoms with Crippen molar-refractivity contribution in [2.45, 2.75) is 13.0 Å². The first-order valence-corrected chi connectivity index (χ1v) is 6.63. The smallest absolute Gasteiger partial charge is 0.0591 e. The van der Waals surface area contributed by atoms with Gasteiger partial charge in [-0.25, -0.2) is 0 Å². The van der Waals surface area contributed by atoms with E-state index in [1.807, 2.05) is 6.08 Å². The Morgan fingerprint density at radius 3 is 3.07 bits per heavy atom. The lowest BCUT2D eigenvalue weighted by atomic mass is 10.4. The Morgan fingerprint density at radius 2 is 2.40 bits per heavy atom. The quantitative estimate of drug-likeness (QED) is 0.586. The topological polar surface area (TPSA) is 21.3 Å². The van der Waals surface area contributed by atoms with E-state index in [-0.39, 0.29) is 0 Å². The molecule has 0 unspecified atom stereocenters. The summed E-state index contributed by atoms with van der Waals surface area (Å²) in [5.41, 5.74) is 0. The summed E-state index contributed by atoms with van der Waals surface area (Å²) in [4.78, 5) is 1.33. The Kier molecular flexibility index (Phi) is 6.92. The SMILES string of the molecule is C=CCCOCCNCc1sccc1Br. The molecule has 0 aliphatic carbocycles. The monoisotopic (exact) mass is 289 g/mol. The second kappa shape index (κ2) is 8.05. The van der Waals surface area contributed by atoms with E-state index in [2.05, 4.69) is 39.3 Å². The van der Waals surface area contributed by atoms with Crippen molar-refractivity contribution in [3.8, 4) is 0 Å². The molecule has 0 atom stereocenters. The van der Waals surface area contributed by atoms with Crippen molar-refractivity contribution in [2.75, 3.05) is 19.8 Å². The fraction of sp³-hybridized carbons (Fsp3) is 0.455. The van der Waals surface area contributed by atoms with Gasteiger partial charge in [0.2, 0.25) is 0 Å². The van der Waals surface area contributed by atoms with Gasteiger partial charge < -0.3 is 10.1 Å². The Hall–Kier alpha value is -0.160.